The van der Waals surface area contributed by atoms with Crippen molar-refractivity contribution in [1.82, 2.24) is 4.98 Å². The number of nitrogen functional groups attached to an aromatic ring is 1. The fourth-order valence-electron chi connectivity index (χ4n) is 1.03. The van der Waals surface area contributed by atoms with Crippen molar-refractivity contribution in [2.45, 2.75) is 19.4 Å². The van der Waals surface area contributed by atoms with Crippen LogP contribution in [0.1, 0.15) is 19.4 Å². The fraction of sp³-hybridized carbons (Fsp3) is 0.400. The van der Waals surface area contributed by atoms with Crippen molar-refractivity contribution in [2.75, 3.05) is 17.7 Å². The number of hydrogen-bond acceptors (Lipinski definition) is 5. The van der Waals surface area contributed by atoms with E-state index in [0.29, 0.717) is 17.1 Å². The lowest BCUT2D eigenvalue weighted by Crippen LogP contribution is -2.35. The normalized spacial score (nSPS) is 10.8. The lowest BCUT2D eigenvalue weighted by atomic mass is 10.1. The van der Waals surface area contributed by atoms with Crippen LogP contribution in [0.5, 0.6) is 0 Å². The Hall–Kier alpha value is -1.80. The highest BCUT2D eigenvalue weighted by Gasteiger charge is 2.18. The van der Waals surface area contributed by atoms with Crippen molar-refractivity contribution in [2.24, 2.45) is 0 Å². The van der Waals surface area contributed by atoms with Gasteiger partial charge in [-0.25, -0.2) is 4.98 Å². The number of rotatable bonds is 3. The highest BCUT2D eigenvalue weighted by molar-refractivity contribution is 5.58. The van der Waals surface area contributed by atoms with Gasteiger partial charge in [0.1, 0.15) is 11.9 Å². The molecule has 0 aromatic carbocycles. The van der Waals surface area contributed by atoms with Crippen molar-refractivity contribution in [3.05, 3.63) is 17.8 Å². The number of nitriles is 1. The zero-order chi connectivity index (χ0) is 11.5. The van der Waals surface area contributed by atoms with E-state index in [-0.39, 0.29) is 6.61 Å². The van der Waals surface area contributed by atoms with Crippen LogP contribution in [0.4, 0.5) is 11.5 Å². The minimum atomic E-state index is -0.519. The van der Waals surface area contributed by atoms with Crippen LogP contribution in [0.3, 0.4) is 0 Å². The molecule has 1 aromatic heterocycles. The molecule has 5 nitrogen and oxygen atoms in total. The molecule has 1 aromatic rings. The molecule has 0 fully saturated rings. The smallest absolute Gasteiger partial charge is 0.144 e. The third-order valence-corrected chi connectivity index (χ3v) is 1.88. The minimum Gasteiger partial charge on any atom is -0.397 e. The van der Waals surface area contributed by atoms with Crippen molar-refractivity contribution < 1.29 is 5.11 Å². The molecule has 0 amide bonds. The van der Waals surface area contributed by atoms with Gasteiger partial charge >= 0.3 is 0 Å². The number of nitrogens with zero attached hydrogens (tertiary/aromatic N) is 2. The fourth-order valence-corrected chi connectivity index (χ4v) is 1.03. The SMILES string of the molecule is CC(C)(CO)Nc1ncc(N)cc1C#N. The standard InChI is InChI=1S/C10H14N4O/c1-10(2,6-15)14-9-7(4-11)3-8(12)5-13-9/h3,5,15H,6,12H2,1-2H3,(H,13,14). The largest absolute Gasteiger partial charge is 0.397 e. The number of hydrogen-bond donors (Lipinski definition) is 3. The molecule has 80 valence electrons. The first-order valence-corrected chi connectivity index (χ1v) is 4.53. The highest BCUT2D eigenvalue weighted by Crippen LogP contribution is 2.18. The Bertz CT molecular complexity index is 395. The van der Waals surface area contributed by atoms with Gasteiger partial charge in [-0.05, 0) is 19.9 Å². The first kappa shape index (κ1) is 11.3. The second-order valence-electron chi connectivity index (χ2n) is 3.94. The Morgan fingerprint density at radius 2 is 2.33 bits per heavy atom. The monoisotopic (exact) mass is 206 g/mol. The van der Waals surface area contributed by atoms with Crippen molar-refractivity contribution >= 4 is 11.5 Å². The molecule has 0 aliphatic rings. The molecule has 1 heterocycles. The molecule has 5 heteroatoms. The summed E-state index contributed by atoms with van der Waals surface area (Å²) in [6.07, 6.45) is 1.47. The number of aromatic nitrogens is 1. The van der Waals surface area contributed by atoms with E-state index >= 15 is 0 Å². The van der Waals surface area contributed by atoms with Crippen LogP contribution in [0.25, 0.3) is 0 Å². The zero-order valence-corrected chi connectivity index (χ0v) is 8.78. The third-order valence-electron chi connectivity index (χ3n) is 1.88. The summed E-state index contributed by atoms with van der Waals surface area (Å²) in [5, 5.41) is 20.9. The van der Waals surface area contributed by atoms with Crippen LogP contribution in [-0.2, 0) is 0 Å². The quantitative estimate of drug-likeness (QED) is 0.677. The molecular weight excluding hydrogens is 192 g/mol. The number of nitrogens with one attached hydrogen (secondary N) is 1. The lowest BCUT2D eigenvalue weighted by Gasteiger charge is -2.24. The van der Waals surface area contributed by atoms with Gasteiger partial charge in [-0.3, -0.25) is 0 Å². The van der Waals surface area contributed by atoms with Gasteiger partial charge < -0.3 is 16.2 Å². The molecule has 0 atom stereocenters. The summed E-state index contributed by atoms with van der Waals surface area (Å²) in [7, 11) is 0. The predicted octanol–water partition coefficient (Wildman–Crippen LogP) is 0.718. The van der Waals surface area contributed by atoms with E-state index in [1.165, 1.54) is 6.20 Å². The first-order chi connectivity index (χ1) is 6.98. The second kappa shape index (κ2) is 4.15. The molecule has 0 bridgehead atoms. The van der Waals surface area contributed by atoms with Crippen LogP contribution in [0, 0.1) is 11.3 Å². The first-order valence-electron chi connectivity index (χ1n) is 4.53. The van der Waals surface area contributed by atoms with Crippen LogP contribution in [-0.4, -0.2) is 22.2 Å². The molecule has 0 saturated heterocycles. The summed E-state index contributed by atoms with van der Waals surface area (Å²) in [6.45, 7) is 3.57. The van der Waals surface area contributed by atoms with Crippen LogP contribution in [0.15, 0.2) is 12.3 Å². The van der Waals surface area contributed by atoms with Crippen LogP contribution in [0.2, 0.25) is 0 Å². The Morgan fingerprint density at radius 3 is 2.87 bits per heavy atom. The van der Waals surface area contributed by atoms with Crippen molar-refractivity contribution in [3.63, 3.8) is 0 Å². The van der Waals surface area contributed by atoms with E-state index in [2.05, 4.69) is 10.3 Å². The summed E-state index contributed by atoms with van der Waals surface area (Å²) in [5.74, 6) is 0.436. The molecule has 0 saturated carbocycles. The van der Waals surface area contributed by atoms with Gasteiger partial charge in [-0.2, -0.15) is 5.26 Å². The van der Waals surface area contributed by atoms with Gasteiger partial charge in [0.25, 0.3) is 0 Å². The number of aliphatic hydroxyl groups is 1. The Balaban J connectivity index is 3.01. The average Bonchev–Trinajstić information content (AvgIpc) is 2.20. The summed E-state index contributed by atoms with van der Waals surface area (Å²) >= 11 is 0. The maximum absolute atomic E-state index is 9.08. The van der Waals surface area contributed by atoms with E-state index in [1.807, 2.05) is 19.9 Å². The van der Waals surface area contributed by atoms with Crippen LogP contribution < -0.4 is 11.1 Å². The molecule has 4 N–H and O–H groups in total. The van der Waals surface area contributed by atoms with Gasteiger partial charge in [0.15, 0.2) is 0 Å². The molecule has 0 aliphatic carbocycles. The number of pyridine rings is 1. The van der Waals surface area contributed by atoms with E-state index in [1.54, 1.807) is 6.07 Å². The van der Waals surface area contributed by atoms with Gasteiger partial charge in [0.05, 0.1) is 29.6 Å². The topological polar surface area (TPSA) is 95.0 Å². The molecular formula is C10H14N4O. The molecule has 15 heavy (non-hydrogen) atoms. The average molecular weight is 206 g/mol. The van der Waals surface area contributed by atoms with Crippen LogP contribution >= 0.6 is 0 Å². The van der Waals surface area contributed by atoms with E-state index in [0.717, 1.165) is 0 Å². The molecule has 0 unspecified atom stereocenters. The minimum absolute atomic E-state index is 0.0517. The Morgan fingerprint density at radius 1 is 1.67 bits per heavy atom. The number of anilines is 2. The molecule has 0 radical (unpaired) electrons. The highest BCUT2D eigenvalue weighted by atomic mass is 16.3. The van der Waals surface area contributed by atoms with E-state index < -0.39 is 5.54 Å². The van der Waals surface area contributed by atoms with Crippen molar-refractivity contribution in [1.29, 1.82) is 5.26 Å². The third kappa shape index (κ3) is 2.82. The summed E-state index contributed by atoms with van der Waals surface area (Å²) in [4.78, 5) is 4.01. The molecule has 0 aliphatic heterocycles. The predicted molar refractivity (Wildman–Crippen MR) is 58.2 cm³/mol. The number of nitrogens with two attached hydrogens (primary N) is 1. The van der Waals surface area contributed by atoms with E-state index in [9.17, 15) is 0 Å². The number of aliphatic hydroxyl groups excluding tert-OH is 1. The molecule has 1 rings (SSSR count). The summed E-state index contributed by atoms with van der Waals surface area (Å²) in [6, 6.07) is 3.54. The van der Waals surface area contributed by atoms with Gasteiger partial charge in [0, 0.05) is 0 Å². The zero-order valence-electron chi connectivity index (χ0n) is 8.78. The maximum atomic E-state index is 9.08. The van der Waals surface area contributed by atoms with Gasteiger partial charge in [-0.15, -0.1) is 0 Å². The van der Waals surface area contributed by atoms with E-state index in [4.69, 9.17) is 16.1 Å². The Labute approximate surface area is 88.6 Å². The second-order valence-corrected chi connectivity index (χ2v) is 3.94. The Kier molecular flexibility index (Phi) is 3.12. The summed E-state index contributed by atoms with van der Waals surface area (Å²) < 4.78 is 0. The summed E-state index contributed by atoms with van der Waals surface area (Å²) in [5.41, 5.74) is 5.80. The van der Waals surface area contributed by atoms with Crippen molar-refractivity contribution in [3.8, 4) is 6.07 Å². The van der Waals surface area contributed by atoms with Gasteiger partial charge in [-0.1, -0.05) is 0 Å². The van der Waals surface area contributed by atoms with Gasteiger partial charge in [0.2, 0.25) is 0 Å². The molecule has 0 spiro atoms. The maximum Gasteiger partial charge on any atom is 0.144 e. The lowest BCUT2D eigenvalue weighted by molar-refractivity contribution is 0.234.